The number of carbonyl (C=O) groups excluding carboxylic acids is 2. The van der Waals surface area contributed by atoms with Crippen LogP contribution in [0.2, 0.25) is 0 Å². The molecule has 0 aromatic heterocycles. The van der Waals surface area contributed by atoms with Crippen LogP contribution >= 0.6 is 0 Å². The van der Waals surface area contributed by atoms with E-state index in [0.29, 0.717) is 28.4 Å². The predicted molar refractivity (Wildman–Crippen MR) is 137 cm³/mol. The zero-order chi connectivity index (χ0) is 25.4. The number of hydrogen-bond acceptors (Lipinski definition) is 6. The summed E-state index contributed by atoms with van der Waals surface area (Å²) in [6.45, 7) is 3.49. The number of carbonyl (C=O) groups is 2. The van der Waals surface area contributed by atoms with Crippen molar-refractivity contribution >= 4 is 40.3 Å². The lowest BCUT2D eigenvalue weighted by Crippen LogP contribution is -2.40. The van der Waals surface area contributed by atoms with E-state index in [-0.39, 0.29) is 17.5 Å². The predicted octanol–water partition coefficient (Wildman–Crippen LogP) is 4.76. The fraction of sp³-hybridized carbons (Fsp3) is 0.185. The number of amides is 2. The summed E-state index contributed by atoms with van der Waals surface area (Å²) < 4.78 is 0. The molecule has 0 unspecified atom stereocenters. The van der Waals surface area contributed by atoms with Gasteiger partial charge >= 0.3 is 0 Å². The van der Waals surface area contributed by atoms with Gasteiger partial charge in [0.1, 0.15) is 0 Å². The van der Waals surface area contributed by atoms with Gasteiger partial charge in [0.15, 0.2) is 0 Å². The van der Waals surface area contributed by atoms with Crippen LogP contribution in [0.15, 0.2) is 95.1 Å². The molecule has 5 rings (SSSR count). The average molecular weight is 482 g/mol. The molecule has 2 atom stereocenters. The van der Waals surface area contributed by atoms with Crippen molar-refractivity contribution in [1.82, 2.24) is 0 Å². The van der Waals surface area contributed by atoms with Crippen molar-refractivity contribution in [3.8, 4) is 0 Å². The van der Waals surface area contributed by atoms with Gasteiger partial charge in [0.05, 0.1) is 28.1 Å². The maximum Gasteiger partial charge on any atom is 0.269 e. The lowest BCUT2D eigenvalue weighted by atomic mass is 9.73. The second-order valence-electron chi connectivity index (χ2n) is 8.79. The van der Waals surface area contributed by atoms with Gasteiger partial charge in [-0.25, -0.2) is 10.0 Å². The van der Waals surface area contributed by atoms with Crippen LogP contribution in [0.25, 0.3) is 0 Å². The molecule has 9 heteroatoms. The molecule has 2 aliphatic rings. The Balaban J connectivity index is 1.60. The van der Waals surface area contributed by atoms with E-state index < -0.39 is 22.7 Å². The van der Waals surface area contributed by atoms with Gasteiger partial charge in [-0.2, -0.15) is 10.2 Å². The van der Waals surface area contributed by atoms with E-state index >= 15 is 0 Å². The summed E-state index contributed by atoms with van der Waals surface area (Å²) in [7, 11) is 0. The highest BCUT2D eigenvalue weighted by Crippen LogP contribution is 2.43. The Morgan fingerprint density at radius 2 is 1.22 bits per heavy atom. The Hall–Kier alpha value is -4.66. The van der Waals surface area contributed by atoms with Crippen LogP contribution in [0.3, 0.4) is 0 Å². The van der Waals surface area contributed by atoms with Gasteiger partial charge in [0, 0.05) is 29.5 Å². The van der Waals surface area contributed by atoms with Crippen molar-refractivity contribution in [3.63, 3.8) is 0 Å². The van der Waals surface area contributed by atoms with Crippen molar-refractivity contribution < 1.29 is 14.5 Å². The number of hydrogen-bond donors (Lipinski definition) is 0. The van der Waals surface area contributed by atoms with Gasteiger partial charge in [0.25, 0.3) is 17.5 Å². The molecule has 2 amide bonds. The van der Waals surface area contributed by atoms with E-state index in [2.05, 4.69) is 10.2 Å². The van der Waals surface area contributed by atoms with Gasteiger partial charge in [-0.3, -0.25) is 19.7 Å². The number of nitro groups is 1. The molecule has 3 aromatic rings. The highest BCUT2D eigenvalue weighted by molar-refractivity contribution is 6.19. The molecule has 0 saturated heterocycles. The molecule has 2 heterocycles. The fourth-order valence-corrected chi connectivity index (χ4v) is 4.92. The van der Waals surface area contributed by atoms with E-state index in [4.69, 9.17) is 0 Å². The highest BCUT2D eigenvalue weighted by atomic mass is 16.6. The standard InChI is InChI=1S/C27H23N5O4/c1-17-23(26(33)30(28-17)20-11-5-3-6-12-20)25(19-10-9-15-22(16-19)32(35)36)24-18(2)29-31(27(24)34)21-13-7-4-8-14-21/h3-16,23-25H,1-2H3/t23-,24-/m1/s1. The number of para-hydroxylation sites is 2. The van der Waals surface area contributed by atoms with Crippen molar-refractivity contribution in [2.24, 2.45) is 22.0 Å². The summed E-state index contributed by atoms with van der Waals surface area (Å²) in [5.74, 6) is -2.94. The second-order valence-corrected chi connectivity index (χ2v) is 8.79. The maximum absolute atomic E-state index is 13.8. The summed E-state index contributed by atoms with van der Waals surface area (Å²) >= 11 is 0. The van der Waals surface area contributed by atoms with Crippen molar-refractivity contribution in [2.75, 3.05) is 10.0 Å². The minimum Gasteiger partial charge on any atom is -0.272 e. The van der Waals surface area contributed by atoms with Crippen molar-refractivity contribution in [1.29, 1.82) is 0 Å². The molecule has 0 bridgehead atoms. The third-order valence-electron chi connectivity index (χ3n) is 6.55. The molecule has 2 aliphatic heterocycles. The summed E-state index contributed by atoms with van der Waals surface area (Å²) in [5, 5.41) is 23.3. The average Bonchev–Trinajstić information content (AvgIpc) is 3.36. The van der Waals surface area contributed by atoms with Crippen LogP contribution < -0.4 is 10.0 Å². The van der Waals surface area contributed by atoms with Gasteiger partial charge in [-0.15, -0.1) is 0 Å². The number of nitrogens with zero attached hydrogens (tertiary/aromatic N) is 5. The third-order valence-corrected chi connectivity index (χ3v) is 6.55. The monoisotopic (exact) mass is 481 g/mol. The summed E-state index contributed by atoms with van der Waals surface area (Å²) in [4.78, 5) is 38.6. The Morgan fingerprint density at radius 3 is 1.67 bits per heavy atom. The lowest BCUT2D eigenvalue weighted by Gasteiger charge is -2.28. The van der Waals surface area contributed by atoms with Crippen molar-refractivity contribution in [3.05, 3.63) is 101 Å². The van der Waals surface area contributed by atoms with Crippen LogP contribution in [0.5, 0.6) is 0 Å². The first-order valence-corrected chi connectivity index (χ1v) is 11.5. The van der Waals surface area contributed by atoms with E-state index in [1.807, 2.05) is 36.4 Å². The minimum atomic E-state index is -0.804. The molecule has 0 radical (unpaired) electrons. The number of anilines is 2. The first kappa shape index (κ1) is 23.1. The van der Waals surface area contributed by atoms with Crippen LogP contribution in [-0.2, 0) is 9.59 Å². The Labute approximate surface area is 207 Å². The van der Waals surface area contributed by atoms with E-state index in [9.17, 15) is 19.7 Å². The number of benzene rings is 3. The molecule has 0 spiro atoms. The van der Waals surface area contributed by atoms with Crippen molar-refractivity contribution in [2.45, 2.75) is 19.8 Å². The summed E-state index contributed by atoms with van der Waals surface area (Å²) in [6.07, 6.45) is 0. The van der Waals surface area contributed by atoms with Crippen LogP contribution in [0, 0.1) is 22.0 Å². The molecule has 3 aromatic carbocycles. The smallest absolute Gasteiger partial charge is 0.269 e. The molecule has 180 valence electrons. The molecule has 36 heavy (non-hydrogen) atoms. The largest absolute Gasteiger partial charge is 0.272 e. The third kappa shape index (κ3) is 3.94. The maximum atomic E-state index is 13.8. The first-order valence-electron chi connectivity index (χ1n) is 11.5. The molecular formula is C27H23N5O4. The molecular weight excluding hydrogens is 458 g/mol. The number of non-ortho nitro benzene ring substituents is 1. The normalized spacial score (nSPS) is 19.6. The Morgan fingerprint density at radius 1 is 0.750 bits per heavy atom. The van der Waals surface area contributed by atoms with Gasteiger partial charge in [-0.05, 0) is 43.7 Å². The Bertz CT molecular complexity index is 1320. The van der Waals surface area contributed by atoms with Gasteiger partial charge < -0.3 is 0 Å². The quantitative estimate of drug-likeness (QED) is 0.374. The zero-order valence-electron chi connectivity index (χ0n) is 19.7. The van der Waals surface area contributed by atoms with Crippen LogP contribution in [-0.4, -0.2) is 28.2 Å². The molecule has 9 nitrogen and oxygen atoms in total. The number of nitro benzene ring substituents is 1. The van der Waals surface area contributed by atoms with E-state index in [0.717, 1.165) is 0 Å². The van der Waals surface area contributed by atoms with E-state index in [1.165, 1.54) is 22.2 Å². The summed E-state index contributed by atoms with van der Waals surface area (Å²) in [6, 6.07) is 24.2. The highest BCUT2D eigenvalue weighted by Gasteiger charge is 2.50. The SMILES string of the molecule is CC1=NN(c2ccccc2)C(=O)[C@H]1C(c1cccc([N+](=O)[O-])c1)[C@@H]1C(=O)N(c2ccccc2)N=C1C. The summed E-state index contributed by atoms with van der Waals surface area (Å²) in [5.41, 5.74) is 2.66. The number of rotatable bonds is 6. The van der Waals surface area contributed by atoms with Crippen LogP contribution in [0.1, 0.15) is 25.3 Å². The topological polar surface area (TPSA) is 108 Å². The molecule has 0 fully saturated rings. The molecule has 0 saturated carbocycles. The Kier molecular flexibility index (Phi) is 5.89. The second kappa shape index (κ2) is 9.18. The molecule has 0 N–H and O–H groups in total. The van der Waals surface area contributed by atoms with Gasteiger partial charge in [0.2, 0.25) is 0 Å². The first-order chi connectivity index (χ1) is 17.4. The fourth-order valence-electron chi connectivity index (χ4n) is 4.92. The zero-order valence-corrected chi connectivity index (χ0v) is 19.7. The lowest BCUT2D eigenvalue weighted by molar-refractivity contribution is -0.384. The minimum absolute atomic E-state index is 0.114. The van der Waals surface area contributed by atoms with Gasteiger partial charge in [-0.1, -0.05) is 48.5 Å². The van der Waals surface area contributed by atoms with E-state index in [1.54, 1.807) is 50.2 Å². The number of hydrazone groups is 2. The molecule has 0 aliphatic carbocycles. The van der Waals surface area contributed by atoms with Crippen LogP contribution in [0.4, 0.5) is 17.1 Å².